The highest BCUT2D eigenvalue weighted by molar-refractivity contribution is 6.11. The second kappa shape index (κ2) is 13.0. The van der Waals surface area contributed by atoms with Crippen LogP contribution < -0.4 is 0 Å². The Morgan fingerprint density at radius 2 is 0.839 bits per heavy atom. The topological polar surface area (TPSA) is 56.7 Å². The molecule has 5 nitrogen and oxygen atoms in total. The number of nitrogens with zero attached hydrogens (tertiary/aromatic N) is 4. The molecule has 8 aromatic carbocycles. The fourth-order valence-electron chi connectivity index (χ4n) is 7.92. The van der Waals surface area contributed by atoms with Gasteiger partial charge in [0.2, 0.25) is 0 Å². The minimum Gasteiger partial charge on any atom is -0.456 e. The quantitative estimate of drug-likeness (QED) is 0.172. The van der Waals surface area contributed by atoms with E-state index in [9.17, 15) is 0 Å². The first kappa shape index (κ1) is 31.9. The molecule has 0 bridgehead atoms. The van der Waals surface area contributed by atoms with Crippen molar-refractivity contribution in [3.05, 3.63) is 194 Å². The number of benzene rings is 8. The van der Waals surface area contributed by atoms with E-state index in [1.165, 1.54) is 32.9 Å². The Morgan fingerprint density at radius 3 is 1.55 bits per heavy atom. The van der Waals surface area contributed by atoms with Crippen LogP contribution in [0.2, 0.25) is 0 Å². The van der Waals surface area contributed by atoms with Crippen LogP contribution in [-0.2, 0) is 0 Å². The summed E-state index contributed by atoms with van der Waals surface area (Å²) >= 11 is 0. The maximum Gasteiger partial charge on any atom is 0.164 e. The van der Waals surface area contributed by atoms with Crippen LogP contribution in [-0.4, -0.2) is 19.5 Å². The highest BCUT2D eigenvalue weighted by Crippen LogP contribution is 2.38. The molecule has 0 amide bonds. The first-order chi connectivity index (χ1) is 27.7. The van der Waals surface area contributed by atoms with Crippen molar-refractivity contribution in [2.45, 2.75) is 0 Å². The maximum atomic E-state index is 6.48. The van der Waals surface area contributed by atoms with Gasteiger partial charge >= 0.3 is 0 Å². The molecule has 3 heterocycles. The highest BCUT2D eigenvalue weighted by Gasteiger charge is 2.17. The largest absolute Gasteiger partial charge is 0.456 e. The van der Waals surface area contributed by atoms with Gasteiger partial charge in [-0.15, -0.1) is 0 Å². The predicted octanol–water partition coefficient (Wildman–Crippen LogP) is 13.2. The van der Waals surface area contributed by atoms with Crippen LogP contribution in [0.4, 0.5) is 0 Å². The summed E-state index contributed by atoms with van der Waals surface area (Å²) in [4.78, 5) is 14.7. The van der Waals surface area contributed by atoms with Gasteiger partial charge in [0.05, 0.1) is 11.0 Å². The van der Waals surface area contributed by atoms with E-state index in [0.29, 0.717) is 17.5 Å². The average Bonchev–Trinajstić information content (AvgIpc) is 3.82. The van der Waals surface area contributed by atoms with Crippen LogP contribution in [0.1, 0.15) is 0 Å². The Kier molecular flexibility index (Phi) is 7.42. The highest BCUT2D eigenvalue weighted by atomic mass is 16.3. The zero-order valence-electron chi connectivity index (χ0n) is 30.2. The lowest BCUT2D eigenvalue weighted by Crippen LogP contribution is -2.00. The predicted molar refractivity (Wildman–Crippen MR) is 229 cm³/mol. The van der Waals surface area contributed by atoms with Gasteiger partial charge < -0.3 is 8.98 Å². The van der Waals surface area contributed by atoms with Gasteiger partial charge in [-0.25, -0.2) is 15.0 Å². The van der Waals surface area contributed by atoms with Crippen LogP contribution in [0.5, 0.6) is 0 Å². The fraction of sp³-hybridized carbons (Fsp3) is 0. The molecule has 0 radical (unpaired) electrons. The third-order valence-electron chi connectivity index (χ3n) is 10.6. The second-order valence-electron chi connectivity index (χ2n) is 14.1. The molecule has 0 aliphatic heterocycles. The van der Waals surface area contributed by atoms with Gasteiger partial charge in [-0.3, -0.25) is 0 Å². The molecule has 11 rings (SSSR count). The number of para-hydroxylation sites is 1. The van der Waals surface area contributed by atoms with Crippen molar-refractivity contribution in [2.24, 2.45) is 0 Å². The summed E-state index contributed by atoms with van der Waals surface area (Å²) in [6, 6.07) is 67.6. The van der Waals surface area contributed by atoms with Crippen molar-refractivity contribution < 1.29 is 4.42 Å². The third-order valence-corrected chi connectivity index (χ3v) is 10.6. The number of rotatable bonds is 6. The van der Waals surface area contributed by atoms with E-state index in [4.69, 9.17) is 19.4 Å². The number of fused-ring (bicyclic) bond motifs is 6. The van der Waals surface area contributed by atoms with Crippen LogP contribution in [0.25, 0.3) is 106 Å². The lowest BCUT2D eigenvalue weighted by Gasteiger charge is -2.11. The molecule has 0 unspecified atom stereocenters. The van der Waals surface area contributed by atoms with Gasteiger partial charge in [-0.05, 0) is 76.9 Å². The maximum absolute atomic E-state index is 6.48. The third kappa shape index (κ3) is 5.45. The van der Waals surface area contributed by atoms with Crippen LogP contribution in [0, 0.1) is 0 Å². The van der Waals surface area contributed by atoms with Crippen molar-refractivity contribution in [3.8, 4) is 62.1 Å². The van der Waals surface area contributed by atoms with Gasteiger partial charge in [0.1, 0.15) is 11.2 Å². The van der Waals surface area contributed by atoms with Gasteiger partial charge in [-0.2, -0.15) is 0 Å². The van der Waals surface area contributed by atoms with E-state index in [1.54, 1.807) is 0 Å². The van der Waals surface area contributed by atoms with E-state index in [1.807, 2.05) is 66.7 Å². The Bertz CT molecular complexity index is 3180. The van der Waals surface area contributed by atoms with Crippen molar-refractivity contribution in [3.63, 3.8) is 0 Å². The Hall–Kier alpha value is -7.63. The summed E-state index contributed by atoms with van der Waals surface area (Å²) in [5.41, 5.74) is 12.5. The van der Waals surface area contributed by atoms with Gasteiger partial charge in [-0.1, -0.05) is 140 Å². The molecule has 262 valence electrons. The molecular weight excluding hydrogens is 685 g/mol. The Morgan fingerprint density at radius 1 is 0.304 bits per heavy atom. The van der Waals surface area contributed by atoms with E-state index in [2.05, 4.69) is 132 Å². The molecule has 0 saturated heterocycles. The summed E-state index contributed by atoms with van der Waals surface area (Å²) in [5.74, 6) is 1.86. The monoisotopic (exact) mass is 716 g/mol. The molecule has 11 aromatic rings. The van der Waals surface area contributed by atoms with Crippen molar-refractivity contribution in [1.29, 1.82) is 0 Å². The summed E-state index contributed by atoms with van der Waals surface area (Å²) in [6.45, 7) is 0. The number of furan rings is 1. The molecule has 0 saturated carbocycles. The van der Waals surface area contributed by atoms with Gasteiger partial charge in [0, 0.05) is 43.9 Å². The minimum atomic E-state index is 0.597. The van der Waals surface area contributed by atoms with E-state index in [0.717, 1.165) is 55.4 Å². The SMILES string of the molecule is c1ccc(-c2cccc(-n3c4ccccc4c4cc(-c5ccc6oc7cc(-c8nc(-c9ccccc9)nc(-c9ccccc9)n8)ccc7c6c5)ccc43)c2)cc1. The zero-order valence-corrected chi connectivity index (χ0v) is 30.2. The smallest absolute Gasteiger partial charge is 0.164 e. The Labute approximate surface area is 322 Å². The molecule has 0 N–H and O–H groups in total. The molecule has 0 aliphatic rings. The first-order valence-corrected chi connectivity index (χ1v) is 18.8. The van der Waals surface area contributed by atoms with Crippen molar-refractivity contribution in [1.82, 2.24) is 19.5 Å². The molecule has 56 heavy (non-hydrogen) atoms. The van der Waals surface area contributed by atoms with Gasteiger partial charge in [0.25, 0.3) is 0 Å². The molecule has 0 aliphatic carbocycles. The molecule has 0 atom stereocenters. The fourth-order valence-corrected chi connectivity index (χ4v) is 7.92. The summed E-state index contributed by atoms with van der Waals surface area (Å²) in [7, 11) is 0. The van der Waals surface area contributed by atoms with Crippen LogP contribution in [0.3, 0.4) is 0 Å². The molecule has 0 spiro atoms. The second-order valence-corrected chi connectivity index (χ2v) is 14.1. The average molecular weight is 717 g/mol. The standard InChI is InChI=1S/C51H32N4O/c1-4-13-33(14-5-1)36-19-12-20-40(29-36)55-45-22-11-10-21-41(45)43-30-37(24-27-46(43)55)38-25-28-47-44(31-38)42-26-23-39(32-48(42)56-47)51-53-49(34-15-6-2-7-16-34)52-50(54-51)35-17-8-3-9-18-35/h1-32H. The van der Waals surface area contributed by atoms with Crippen LogP contribution >= 0.6 is 0 Å². The zero-order chi connectivity index (χ0) is 37.0. The normalized spacial score (nSPS) is 11.6. The van der Waals surface area contributed by atoms with E-state index in [-0.39, 0.29) is 0 Å². The van der Waals surface area contributed by atoms with E-state index < -0.39 is 0 Å². The molecule has 0 fully saturated rings. The van der Waals surface area contributed by atoms with Crippen molar-refractivity contribution in [2.75, 3.05) is 0 Å². The summed E-state index contributed by atoms with van der Waals surface area (Å²) in [6.07, 6.45) is 0. The number of aromatic nitrogens is 4. The number of hydrogen-bond donors (Lipinski definition) is 0. The Balaban J connectivity index is 0.995. The molecule has 5 heteroatoms. The lowest BCUT2D eigenvalue weighted by atomic mass is 10.0. The minimum absolute atomic E-state index is 0.597. The van der Waals surface area contributed by atoms with Gasteiger partial charge in [0.15, 0.2) is 17.5 Å². The molecule has 3 aromatic heterocycles. The number of hydrogen-bond acceptors (Lipinski definition) is 4. The summed E-state index contributed by atoms with van der Waals surface area (Å²) < 4.78 is 8.86. The lowest BCUT2D eigenvalue weighted by molar-refractivity contribution is 0.669. The summed E-state index contributed by atoms with van der Waals surface area (Å²) in [5, 5.41) is 4.55. The van der Waals surface area contributed by atoms with E-state index >= 15 is 0 Å². The van der Waals surface area contributed by atoms with Crippen LogP contribution in [0.15, 0.2) is 199 Å². The first-order valence-electron chi connectivity index (χ1n) is 18.8. The molecular formula is C51H32N4O. The van der Waals surface area contributed by atoms with Crippen molar-refractivity contribution >= 4 is 43.7 Å².